The second-order valence-electron chi connectivity index (χ2n) is 6.86. The quantitative estimate of drug-likeness (QED) is 0.582. The molecule has 5 heteroatoms. The van der Waals surface area contributed by atoms with Gasteiger partial charge in [0, 0.05) is 19.9 Å². The first kappa shape index (κ1) is 18.9. The Morgan fingerprint density at radius 1 is 0.929 bits per heavy atom. The number of aliphatic hydroxyl groups excluding tert-OH is 1. The lowest BCUT2D eigenvalue weighted by atomic mass is 9.95. The van der Waals surface area contributed by atoms with Gasteiger partial charge in [-0.1, -0.05) is 42.5 Å². The van der Waals surface area contributed by atoms with Gasteiger partial charge in [0.2, 0.25) is 0 Å². The van der Waals surface area contributed by atoms with E-state index in [0.717, 1.165) is 46.3 Å². The van der Waals surface area contributed by atoms with E-state index >= 15 is 0 Å². The molecular weight excluding hydrogens is 371 g/mol. The molecule has 4 rings (SSSR count). The molecule has 3 aromatic rings. The zero-order valence-electron chi connectivity index (χ0n) is 15.5. The van der Waals surface area contributed by atoms with E-state index in [1.807, 2.05) is 36.4 Å². The van der Waals surface area contributed by atoms with Crippen molar-refractivity contribution in [3.63, 3.8) is 0 Å². The Bertz CT molecular complexity index is 971. The maximum atomic E-state index is 9.25. The summed E-state index contributed by atoms with van der Waals surface area (Å²) in [7, 11) is -0.0176. The highest BCUT2D eigenvalue weighted by molar-refractivity contribution is 7.31. The highest BCUT2D eigenvalue weighted by Crippen LogP contribution is 2.39. The molecule has 0 saturated heterocycles. The van der Waals surface area contributed by atoms with E-state index in [9.17, 15) is 5.11 Å². The maximum absolute atomic E-state index is 9.25. The molecule has 1 unspecified atom stereocenters. The highest BCUT2D eigenvalue weighted by Gasteiger charge is 2.18. The summed E-state index contributed by atoms with van der Waals surface area (Å²) in [5.74, 6) is 1.71. The van der Waals surface area contributed by atoms with E-state index in [-0.39, 0.29) is 15.4 Å². The fourth-order valence-corrected chi connectivity index (χ4v) is 3.85. The molecule has 0 fully saturated rings. The summed E-state index contributed by atoms with van der Waals surface area (Å²) in [6.45, 7) is 1.01. The second kappa shape index (κ2) is 8.74. The van der Waals surface area contributed by atoms with Gasteiger partial charge in [0.25, 0.3) is 0 Å². The molecule has 0 spiro atoms. The highest BCUT2D eigenvalue weighted by atomic mass is 31.1. The Morgan fingerprint density at radius 2 is 1.79 bits per heavy atom. The molecule has 1 aliphatic rings. The Morgan fingerprint density at radius 3 is 2.64 bits per heavy atom. The van der Waals surface area contributed by atoms with Crippen molar-refractivity contribution in [2.24, 2.45) is 0 Å². The second-order valence-corrected chi connectivity index (χ2v) is 7.68. The van der Waals surface area contributed by atoms with Crippen LogP contribution in [0.3, 0.4) is 0 Å². The lowest BCUT2D eigenvalue weighted by Gasteiger charge is -2.22. The van der Waals surface area contributed by atoms with Crippen LogP contribution in [0.15, 0.2) is 60.7 Å². The molecule has 1 aliphatic heterocycles. The van der Waals surface area contributed by atoms with E-state index < -0.39 is 0 Å². The number of hydrogen-bond acceptors (Lipinski definition) is 4. The summed E-state index contributed by atoms with van der Waals surface area (Å²) < 4.78 is 11.9. The first-order valence-corrected chi connectivity index (χ1v) is 10.5. The van der Waals surface area contributed by atoms with Gasteiger partial charge in [0.1, 0.15) is 24.7 Å². The molecule has 0 aromatic heterocycles. The summed E-state index contributed by atoms with van der Waals surface area (Å²) >= 11 is 0. The fourth-order valence-electron chi connectivity index (χ4n) is 3.45. The predicted octanol–water partition coefficient (Wildman–Crippen LogP) is 4.45. The van der Waals surface area contributed by atoms with Gasteiger partial charge in [-0.05, 0) is 53.0 Å². The van der Waals surface area contributed by atoms with Crippen LogP contribution in [-0.2, 0) is 26.2 Å². The van der Waals surface area contributed by atoms with Crippen molar-refractivity contribution in [1.82, 2.24) is 0 Å². The summed E-state index contributed by atoms with van der Waals surface area (Å²) in [5, 5.41) is 9.25. The third-order valence-electron chi connectivity index (χ3n) is 4.90. The van der Waals surface area contributed by atoms with Crippen molar-refractivity contribution in [3.8, 4) is 22.6 Å². The molecule has 3 aromatic carbocycles. The van der Waals surface area contributed by atoms with Gasteiger partial charge in [0.05, 0.1) is 6.61 Å². The number of fused-ring (bicyclic) bond motifs is 3. The SMILES string of the molecule is OCc1cccc(COc2ccc3c(c2)COc2cc(CCPO)ccc2-3)c1. The minimum absolute atomic E-state index is 0.0176. The van der Waals surface area contributed by atoms with Crippen LogP contribution in [0, 0.1) is 0 Å². The van der Waals surface area contributed by atoms with Crippen molar-refractivity contribution >= 4 is 8.81 Å². The molecule has 0 saturated carbocycles. The molecule has 0 bridgehead atoms. The number of ether oxygens (including phenoxy) is 2. The van der Waals surface area contributed by atoms with Crippen LogP contribution in [-0.4, -0.2) is 16.2 Å². The molecule has 1 heterocycles. The summed E-state index contributed by atoms with van der Waals surface area (Å²) in [4.78, 5) is 9.04. The van der Waals surface area contributed by atoms with Crippen molar-refractivity contribution in [1.29, 1.82) is 0 Å². The van der Waals surface area contributed by atoms with Crippen LogP contribution < -0.4 is 9.47 Å². The maximum Gasteiger partial charge on any atom is 0.127 e. The fraction of sp³-hybridized carbons (Fsp3) is 0.217. The molecule has 4 nitrogen and oxygen atoms in total. The van der Waals surface area contributed by atoms with Gasteiger partial charge in [-0.15, -0.1) is 0 Å². The van der Waals surface area contributed by atoms with Crippen LogP contribution >= 0.6 is 8.81 Å². The van der Waals surface area contributed by atoms with E-state index in [0.29, 0.717) is 13.2 Å². The van der Waals surface area contributed by atoms with Crippen LogP contribution in [0.2, 0.25) is 0 Å². The Kier molecular flexibility index (Phi) is 5.92. The van der Waals surface area contributed by atoms with Gasteiger partial charge in [0.15, 0.2) is 0 Å². The van der Waals surface area contributed by atoms with Crippen molar-refractivity contribution in [2.45, 2.75) is 26.2 Å². The number of aliphatic hydroxyl groups is 1. The molecule has 0 aliphatic carbocycles. The topological polar surface area (TPSA) is 58.9 Å². The van der Waals surface area contributed by atoms with E-state index in [4.69, 9.17) is 14.4 Å². The first-order valence-electron chi connectivity index (χ1n) is 9.34. The number of hydrogen-bond donors (Lipinski definition) is 2. The van der Waals surface area contributed by atoms with Crippen molar-refractivity contribution < 1.29 is 19.5 Å². The molecule has 28 heavy (non-hydrogen) atoms. The zero-order valence-corrected chi connectivity index (χ0v) is 16.5. The average molecular weight is 394 g/mol. The van der Waals surface area contributed by atoms with Gasteiger partial charge in [-0.25, -0.2) is 0 Å². The zero-order chi connectivity index (χ0) is 19.3. The predicted molar refractivity (Wildman–Crippen MR) is 112 cm³/mol. The standard InChI is InChI=1S/C23H23O4P/c24-13-17-2-1-3-18(10-17)14-26-20-5-7-21-19(12-20)15-27-23-11-16(8-9-28-25)4-6-22(21)23/h1-7,10-12,24-25,28H,8-9,13-15H2. The van der Waals surface area contributed by atoms with Crippen LogP contribution in [0.25, 0.3) is 11.1 Å². The lowest BCUT2D eigenvalue weighted by molar-refractivity contribution is 0.280. The monoisotopic (exact) mass is 394 g/mol. The van der Waals surface area contributed by atoms with Crippen molar-refractivity contribution in [3.05, 3.63) is 82.9 Å². The third-order valence-corrected chi connectivity index (χ3v) is 5.37. The largest absolute Gasteiger partial charge is 0.489 e. The molecule has 1 atom stereocenters. The number of aryl methyl sites for hydroxylation is 1. The molecular formula is C23H23O4P. The molecule has 144 valence electrons. The normalized spacial score (nSPS) is 12.5. The number of rotatable bonds is 7. The first-order chi connectivity index (χ1) is 13.8. The lowest BCUT2D eigenvalue weighted by Crippen LogP contribution is -2.07. The molecule has 0 amide bonds. The molecule has 2 N–H and O–H groups in total. The Hall–Kier alpha value is -2.39. The van der Waals surface area contributed by atoms with Gasteiger partial charge < -0.3 is 19.5 Å². The Labute approximate surface area is 166 Å². The summed E-state index contributed by atoms with van der Waals surface area (Å²) in [5.41, 5.74) is 6.48. The van der Waals surface area contributed by atoms with E-state index in [1.54, 1.807) is 0 Å². The van der Waals surface area contributed by atoms with Crippen LogP contribution in [0.5, 0.6) is 11.5 Å². The minimum atomic E-state index is -0.0176. The van der Waals surface area contributed by atoms with Gasteiger partial charge >= 0.3 is 0 Å². The smallest absolute Gasteiger partial charge is 0.127 e. The van der Waals surface area contributed by atoms with Crippen molar-refractivity contribution in [2.75, 3.05) is 6.16 Å². The van der Waals surface area contributed by atoms with Crippen LogP contribution in [0.1, 0.15) is 22.3 Å². The van der Waals surface area contributed by atoms with E-state index in [2.05, 4.69) is 24.3 Å². The average Bonchev–Trinajstić information content (AvgIpc) is 2.75. The van der Waals surface area contributed by atoms with Gasteiger partial charge in [-0.2, -0.15) is 0 Å². The summed E-state index contributed by atoms with van der Waals surface area (Å²) in [6, 6.07) is 20.2. The van der Waals surface area contributed by atoms with Gasteiger partial charge in [-0.3, -0.25) is 0 Å². The third kappa shape index (κ3) is 4.20. The summed E-state index contributed by atoms with van der Waals surface area (Å²) in [6.07, 6.45) is 1.65. The number of benzene rings is 3. The molecule has 0 radical (unpaired) electrons. The van der Waals surface area contributed by atoms with E-state index in [1.165, 1.54) is 11.1 Å². The Balaban J connectivity index is 1.50. The van der Waals surface area contributed by atoms with Crippen LogP contribution in [0.4, 0.5) is 0 Å². The minimum Gasteiger partial charge on any atom is -0.489 e.